The summed E-state index contributed by atoms with van der Waals surface area (Å²) in [5, 5.41) is 16.7. The van der Waals surface area contributed by atoms with E-state index in [4.69, 9.17) is 9.89 Å². The molecule has 0 radical (unpaired) electrons. The Morgan fingerprint density at radius 2 is 2.29 bits per heavy atom. The Balaban J connectivity index is 1.82. The minimum Gasteiger partial charge on any atom is -0.301 e. The van der Waals surface area contributed by atoms with Crippen molar-refractivity contribution in [2.45, 2.75) is 13.5 Å². The summed E-state index contributed by atoms with van der Waals surface area (Å²) < 4.78 is 6.76. The summed E-state index contributed by atoms with van der Waals surface area (Å²) in [6, 6.07) is 5.83. The Kier molecular flexibility index (Phi) is 3.29. The largest absolute Gasteiger partial charge is 0.301 e. The molecule has 9 nitrogen and oxygen atoms in total. The molecule has 1 aliphatic rings. The number of nitrogens with two attached hydrogens (primary N) is 1. The van der Waals surface area contributed by atoms with Gasteiger partial charge in [-0.2, -0.15) is 5.26 Å². The van der Waals surface area contributed by atoms with Gasteiger partial charge in [0.25, 0.3) is 0 Å². The number of fused-ring (bicyclic) bond motifs is 1. The third kappa shape index (κ3) is 2.31. The van der Waals surface area contributed by atoms with Crippen LogP contribution in [0.25, 0.3) is 22.7 Å². The highest BCUT2D eigenvalue weighted by atomic mass is 16.6. The number of allylic oxidation sites excluding steroid dienone is 4. The maximum atomic E-state index is 8.91. The van der Waals surface area contributed by atoms with Crippen LogP contribution < -0.4 is 10.9 Å². The zero-order chi connectivity index (χ0) is 16.5. The number of aryl methyl sites for hydroxylation is 1. The fourth-order valence-corrected chi connectivity index (χ4v) is 2.52. The second-order valence-electron chi connectivity index (χ2n) is 5.28. The first-order valence-corrected chi connectivity index (χ1v) is 7.28. The Morgan fingerprint density at radius 3 is 3.00 bits per heavy atom. The highest BCUT2D eigenvalue weighted by molar-refractivity contribution is 5.76. The van der Waals surface area contributed by atoms with E-state index in [1.807, 2.05) is 29.7 Å². The normalized spacial score (nSPS) is 14.0. The van der Waals surface area contributed by atoms with Crippen LogP contribution in [0.3, 0.4) is 0 Å². The second kappa shape index (κ2) is 5.60. The molecule has 0 bridgehead atoms. The third-order valence-corrected chi connectivity index (χ3v) is 3.70. The fourth-order valence-electron chi connectivity index (χ4n) is 2.52. The minimum atomic E-state index is 0.501. The smallest absolute Gasteiger partial charge is 0.231 e. The molecular formula is C15H13N8O+. The molecule has 1 aliphatic heterocycles. The summed E-state index contributed by atoms with van der Waals surface area (Å²) in [6.45, 7) is 2.32. The van der Waals surface area contributed by atoms with Crippen molar-refractivity contribution in [3.8, 4) is 17.6 Å². The van der Waals surface area contributed by atoms with Gasteiger partial charge in [-0.05, 0) is 30.3 Å². The van der Waals surface area contributed by atoms with Gasteiger partial charge in [-0.1, -0.05) is 5.16 Å². The number of nitrogens with one attached hydrogen (secondary N) is 1. The van der Waals surface area contributed by atoms with Crippen molar-refractivity contribution >= 4 is 11.2 Å². The van der Waals surface area contributed by atoms with Crippen LogP contribution in [0.15, 0.2) is 46.5 Å². The Bertz CT molecular complexity index is 1020. The summed E-state index contributed by atoms with van der Waals surface area (Å²) in [6.07, 6.45) is 5.35. The molecule has 0 atom stereocenters. The minimum absolute atomic E-state index is 0.501. The Labute approximate surface area is 136 Å². The Hall–Kier alpha value is -3.51. The molecule has 4 heterocycles. The van der Waals surface area contributed by atoms with E-state index in [9.17, 15) is 0 Å². The fraction of sp³-hybridized carbons (Fsp3) is 0.133. The maximum absolute atomic E-state index is 8.91. The van der Waals surface area contributed by atoms with Gasteiger partial charge < -0.3 is 4.57 Å². The standard InChI is InChI=1S/C15H12N8O/c1-9-13(22-24-21-9)15-18-12-3-2-6-17-14(12)23(15)8-11-5-4-10(7-16)19-20-11/h2-6,19-20H,8H2,1H3/p+1. The predicted molar refractivity (Wildman–Crippen MR) is 82.4 cm³/mol. The summed E-state index contributed by atoms with van der Waals surface area (Å²) in [5.74, 6) is 0.639. The van der Waals surface area contributed by atoms with E-state index >= 15 is 0 Å². The van der Waals surface area contributed by atoms with Crippen LogP contribution in [0.4, 0.5) is 0 Å². The highest BCUT2D eigenvalue weighted by Crippen LogP contribution is 2.24. The van der Waals surface area contributed by atoms with Crippen LogP contribution in [0.5, 0.6) is 0 Å². The van der Waals surface area contributed by atoms with Crippen molar-refractivity contribution < 1.29 is 10.1 Å². The number of quaternary nitrogens is 1. The highest BCUT2D eigenvalue weighted by Gasteiger charge is 2.20. The molecule has 4 rings (SSSR count). The lowest BCUT2D eigenvalue weighted by Crippen LogP contribution is -2.91. The monoisotopic (exact) mass is 321 g/mol. The van der Waals surface area contributed by atoms with Crippen LogP contribution in [0.1, 0.15) is 5.69 Å². The average molecular weight is 321 g/mol. The molecule has 0 spiro atoms. The first-order valence-electron chi connectivity index (χ1n) is 7.28. The molecule has 24 heavy (non-hydrogen) atoms. The van der Waals surface area contributed by atoms with E-state index in [1.165, 1.54) is 0 Å². The van der Waals surface area contributed by atoms with Gasteiger partial charge in [0.1, 0.15) is 11.2 Å². The number of nitrogens with zero attached hydrogens (tertiary/aromatic N) is 6. The first-order chi connectivity index (χ1) is 11.8. The molecule has 9 heteroatoms. The molecular weight excluding hydrogens is 308 g/mol. The Morgan fingerprint density at radius 1 is 1.38 bits per heavy atom. The van der Waals surface area contributed by atoms with Gasteiger partial charge in [0.15, 0.2) is 23.2 Å². The van der Waals surface area contributed by atoms with E-state index < -0.39 is 0 Å². The van der Waals surface area contributed by atoms with E-state index in [-0.39, 0.29) is 0 Å². The second-order valence-corrected chi connectivity index (χ2v) is 5.28. The third-order valence-electron chi connectivity index (χ3n) is 3.70. The average Bonchev–Trinajstić information content (AvgIpc) is 3.19. The van der Waals surface area contributed by atoms with Crippen molar-refractivity contribution in [3.05, 3.63) is 47.6 Å². The van der Waals surface area contributed by atoms with Gasteiger partial charge in [0, 0.05) is 12.3 Å². The summed E-state index contributed by atoms with van der Waals surface area (Å²) in [7, 11) is 0. The molecule has 0 aliphatic carbocycles. The number of pyridine rings is 1. The van der Waals surface area contributed by atoms with Gasteiger partial charge in [-0.3, -0.25) is 0 Å². The molecule has 0 amide bonds. The molecule has 118 valence electrons. The van der Waals surface area contributed by atoms with E-state index in [1.54, 1.807) is 17.7 Å². The number of rotatable bonds is 3. The lowest BCUT2D eigenvalue weighted by atomic mass is 10.3. The number of nitriles is 1. The van der Waals surface area contributed by atoms with Crippen molar-refractivity contribution in [2.75, 3.05) is 0 Å². The molecule has 0 saturated heterocycles. The molecule has 0 saturated carbocycles. The van der Waals surface area contributed by atoms with E-state index in [0.717, 1.165) is 16.9 Å². The molecule has 3 aromatic rings. The van der Waals surface area contributed by atoms with Crippen LogP contribution in [0, 0.1) is 18.3 Å². The molecule has 3 N–H and O–H groups in total. The van der Waals surface area contributed by atoms with Gasteiger partial charge in [-0.15, -0.1) is 0 Å². The molecule has 0 aromatic carbocycles. The summed E-state index contributed by atoms with van der Waals surface area (Å²) >= 11 is 0. The van der Waals surface area contributed by atoms with Gasteiger partial charge in [-0.25, -0.2) is 25.4 Å². The molecule has 0 unspecified atom stereocenters. The quantitative estimate of drug-likeness (QED) is 0.659. The summed E-state index contributed by atoms with van der Waals surface area (Å²) in [5.41, 5.74) is 9.03. The van der Waals surface area contributed by atoms with Crippen LogP contribution in [-0.2, 0) is 6.54 Å². The lowest BCUT2D eigenvalue weighted by Gasteiger charge is -2.13. The van der Waals surface area contributed by atoms with Crippen LogP contribution >= 0.6 is 0 Å². The predicted octanol–water partition coefficient (Wildman–Crippen LogP) is 0.163. The van der Waals surface area contributed by atoms with Crippen molar-refractivity contribution in [1.29, 1.82) is 5.26 Å². The van der Waals surface area contributed by atoms with Crippen molar-refractivity contribution in [2.24, 2.45) is 0 Å². The topological polar surface area (TPSA) is 122 Å². The van der Waals surface area contributed by atoms with Gasteiger partial charge in [0.2, 0.25) is 5.70 Å². The van der Waals surface area contributed by atoms with Crippen molar-refractivity contribution in [1.82, 2.24) is 30.3 Å². The molecule has 0 fully saturated rings. The first kappa shape index (κ1) is 14.1. The lowest BCUT2D eigenvalue weighted by molar-refractivity contribution is -0.655. The zero-order valence-corrected chi connectivity index (χ0v) is 12.8. The van der Waals surface area contributed by atoms with Crippen LogP contribution in [-0.4, -0.2) is 24.8 Å². The number of hydrogen-bond acceptors (Lipinski definition) is 7. The maximum Gasteiger partial charge on any atom is 0.231 e. The van der Waals surface area contributed by atoms with Crippen LogP contribution in [0.2, 0.25) is 0 Å². The summed E-state index contributed by atoms with van der Waals surface area (Å²) in [4.78, 5) is 9.04. The zero-order valence-electron chi connectivity index (χ0n) is 12.8. The van der Waals surface area contributed by atoms with Gasteiger partial charge in [0.05, 0.1) is 12.2 Å². The van der Waals surface area contributed by atoms with E-state index in [2.05, 4.69) is 31.8 Å². The van der Waals surface area contributed by atoms with Crippen molar-refractivity contribution in [3.63, 3.8) is 0 Å². The van der Waals surface area contributed by atoms with Gasteiger partial charge >= 0.3 is 0 Å². The SMILES string of the molecule is Cc1nonc1-c1nc2cccnc2n1CC1=CC=C(C#N)[NH2+]N1. The number of imidazole rings is 1. The number of hydrogen-bond donors (Lipinski definition) is 2. The van der Waals surface area contributed by atoms with E-state index in [0.29, 0.717) is 29.5 Å². The number of aromatic nitrogens is 5. The molecule has 3 aromatic heterocycles.